The van der Waals surface area contributed by atoms with Crippen LogP contribution in [-0.4, -0.2) is 27.8 Å². The lowest BCUT2D eigenvalue weighted by Gasteiger charge is -2.15. The van der Waals surface area contributed by atoms with Gasteiger partial charge in [-0.1, -0.05) is 60.7 Å². The number of nitrogens with zero attached hydrogens (tertiary/aromatic N) is 4. The maximum Gasteiger partial charge on any atom is 0.247 e. The summed E-state index contributed by atoms with van der Waals surface area (Å²) in [5.41, 5.74) is 5.43. The van der Waals surface area contributed by atoms with Crippen molar-refractivity contribution >= 4 is 11.7 Å². The number of anilines is 1. The minimum absolute atomic E-state index is 0.228. The maximum atomic E-state index is 9.51. The van der Waals surface area contributed by atoms with Crippen LogP contribution in [0.25, 0.3) is 22.5 Å². The van der Waals surface area contributed by atoms with E-state index in [1.165, 1.54) is 0 Å². The first-order valence-electron chi connectivity index (χ1n) is 9.68. The Balaban J connectivity index is 1.76. The quantitative estimate of drug-likeness (QED) is 0.365. The summed E-state index contributed by atoms with van der Waals surface area (Å²) < 4.78 is 0. The van der Waals surface area contributed by atoms with Crippen molar-refractivity contribution in [2.45, 2.75) is 6.92 Å². The highest BCUT2D eigenvalue weighted by atomic mass is 16.3. The van der Waals surface area contributed by atoms with Gasteiger partial charge in [0.05, 0.1) is 17.1 Å². The molecular formula is C25H22N4O. The van der Waals surface area contributed by atoms with Crippen molar-refractivity contribution in [3.63, 3.8) is 0 Å². The van der Waals surface area contributed by atoms with Gasteiger partial charge in [0, 0.05) is 18.2 Å². The third kappa shape index (κ3) is 4.36. The van der Waals surface area contributed by atoms with Crippen LogP contribution < -0.4 is 5.01 Å². The summed E-state index contributed by atoms with van der Waals surface area (Å²) in [5.74, 6) is 0.736. The standard InChI is InChI=1S/C25H22N4O/c1-18(19-13-15-22(30)16-14-19)28-29(2)25-26-23(20-9-5-3-6-10-20)17-24(27-25)21-11-7-4-8-12-21/h3-17,30H,1-2H3/b28-18-. The van der Waals surface area contributed by atoms with E-state index in [1.54, 1.807) is 17.1 Å². The molecular weight excluding hydrogens is 372 g/mol. The van der Waals surface area contributed by atoms with Crippen LogP contribution in [0.4, 0.5) is 5.95 Å². The van der Waals surface area contributed by atoms with Crippen LogP contribution in [0.3, 0.4) is 0 Å². The molecule has 0 atom stereocenters. The van der Waals surface area contributed by atoms with E-state index in [9.17, 15) is 5.11 Å². The van der Waals surface area contributed by atoms with Gasteiger partial charge in [0.25, 0.3) is 0 Å². The number of rotatable bonds is 5. The third-order valence-electron chi connectivity index (χ3n) is 4.73. The number of hydrazone groups is 1. The molecule has 30 heavy (non-hydrogen) atoms. The molecule has 0 aliphatic heterocycles. The van der Waals surface area contributed by atoms with Gasteiger partial charge < -0.3 is 5.11 Å². The normalized spacial score (nSPS) is 11.3. The molecule has 5 nitrogen and oxygen atoms in total. The van der Waals surface area contributed by atoms with Crippen LogP contribution in [-0.2, 0) is 0 Å². The van der Waals surface area contributed by atoms with Crippen LogP contribution in [0.1, 0.15) is 12.5 Å². The summed E-state index contributed by atoms with van der Waals surface area (Å²) in [6.45, 7) is 1.92. The van der Waals surface area contributed by atoms with E-state index < -0.39 is 0 Å². The zero-order chi connectivity index (χ0) is 20.9. The fourth-order valence-electron chi connectivity index (χ4n) is 3.12. The molecule has 148 valence electrons. The molecule has 0 aliphatic rings. The maximum absolute atomic E-state index is 9.51. The fourth-order valence-corrected chi connectivity index (χ4v) is 3.12. The number of hydrogen-bond acceptors (Lipinski definition) is 5. The summed E-state index contributed by atoms with van der Waals surface area (Å²) in [6, 6.07) is 29.1. The average molecular weight is 394 g/mol. The lowest BCUT2D eigenvalue weighted by atomic mass is 10.1. The zero-order valence-corrected chi connectivity index (χ0v) is 16.9. The van der Waals surface area contributed by atoms with Gasteiger partial charge in [0.15, 0.2) is 0 Å². The Kier molecular flexibility index (Phi) is 5.52. The van der Waals surface area contributed by atoms with Crippen LogP contribution in [0.15, 0.2) is 96.1 Å². The molecule has 0 bridgehead atoms. The molecule has 1 N–H and O–H groups in total. The van der Waals surface area contributed by atoms with Crippen molar-refractivity contribution in [2.24, 2.45) is 5.10 Å². The molecule has 1 heterocycles. The van der Waals surface area contributed by atoms with Crippen molar-refractivity contribution in [1.29, 1.82) is 0 Å². The first-order chi connectivity index (χ1) is 14.6. The molecule has 0 amide bonds. The molecule has 0 fully saturated rings. The van der Waals surface area contributed by atoms with E-state index in [0.29, 0.717) is 5.95 Å². The minimum Gasteiger partial charge on any atom is -0.508 e. The molecule has 0 spiro atoms. The molecule has 4 rings (SSSR count). The first kappa shape index (κ1) is 19.3. The lowest BCUT2D eigenvalue weighted by molar-refractivity contribution is 0.475. The zero-order valence-electron chi connectivity index (χ0n) is 16.9. The Morgan fingerprint density at radius 1 is 0.767 bits per heavy atom. The van der Waals surface area contributed by atoms with E-state index in [2.05, 4.69) is 5.10 Å². The number of benzene rings is 3. The monoisotopic (exact) mass is 394 g/mol. The minimum atomic E-state index is 0.228. The molecule has 0 unspecified atom stereocenters. The highest BCUT2D eigenvalue weighted by molar-refractivity contribution is 5.99. The Hall–Kier alpha value is -3.99. The molecule has 3 aromatic carbocycles. The smallest absolute Gasteiger partial charge is 0.247 e. The number of aromatic nitrogens is 2. The predicted octanol–water partition coefficient (Wildman–Crippen LogP) is 5.38. The molecule has 4 aromatic rings. The van der Waals surface area contributed by atoms with Crippen molar-refractivity contribution < 1.29 is 5.11 Å². The number of hydrogen-bond donors (Lipinski definition) is 1. The molecule has 1 aromatic heterocycles. The summed E-state index contributed by atoms with van der Waals surface area (Å²) in [5, 5.41) is 15.8. The van der Waals surface area contributed by atoms with Crippen LogP contribution in [0.5, 0.6) is 5.75 Å². The highest BCUT2D eigenvalue weighted by Crippen LogP contribution is 2.26. The SMILES string of the molecule is C/C(=N/N(C)c1nc(-c2ccccc2)cc(-c2ccccc2)n1)c1ccc(O)cc1. The van der Waals surface area contributed by atoms with Crippen LogP contribution in [0, 0.1) is 0 Å². The predicted molar refractivity (Wildman–Crippen MR) is 122 cm³/mol. The molecule has 0 saturated carbocycles. The largest absolute Gasteiger partial charge is 0.508 e. The van der Waals surface area contributed by atoms with Crippen molar-refractivity contribution in [3.8, 4) is 28.3 Å². The van der Waals surface area contributed by atoms with Crippen molar-refractivity contribution in [1.82, 2.24) is 9.97 Å². The van der Waals surface area contributed by atoms with E-state index >= 15 is 0 Å². The molecule has 0 radical (unpaired) electrons. The van der Waals surface area contributed by atoms with Gasteiger partial charge in [0.2, 0.25) is 5.95 Å². The second kappa shape index (κ2) is 8.57. The summed E-state index contributed by atoms with van der Waals surface area (Å²) in [4.78, 5) is 9.52. The van der Waals surface area contributed by atoms with Gasteiger partial charge in [-0.15, -0.1) is 0 Å². The van der Waals surface area contributed by atoms with Gasteiger partial charge in [0.1, 0.15) is 5.75 Å². The van der Waals surface area contributed by atoms with E-state index in [4.69, 9.17) is 9.97 Å². The number of aromatic hydroxyl groups is 1. The summed E-state index contributed by atoms with van der Waals surface area (Å²) in [7, 11) is 1.84. The highest BCUT2D eigenvalue weighted by Gasteiger charge is 2.12. The Morgan fingerprint density at radius 3 is 1.77 bits per heavy atom. The van der Waals surface area contributed by atoms with Gasteiger partial charge in [-0.05, 0) is 42.8 Å². The topological polar surface area (TPSA) is 61.6 Å². The summed E-state index contributed by atoms with van der Waals surface area (Å²) in [6.07, 6.45) is 0. The second-order valence-electron chi connectivity index (χ2n) is 6.93. The number of phenolic OH excluding ortho intramolecular Hbond substituents is 1. The average Bonchev–Trinajstić information content (AvgIpc) is 2.80. The lowest BCUT2D eigenvalue weighted by Crippen LogP contribution is -2.16. The third-order valence-corrected chi connectivity index (χ3v) is 4.73. The Labute approximate surface area is 176 Å². The van der Waals surface area contributed by atoms with E-state index in [1.807, 2.05) is 92.8 Å². The molecule has 0 saturated heterocycles. The van der Waals surface area contributed by atoms with Crippen LogP contribution >= 0.6 is 0 Å². The van der Waals surface area contributed by atoms with Crippen molar-refractivity contribution in [3.05, 3.63) is 96.6 Å². The second-order valence-corrected chi connectivity index (χ2v) is 6.93. The van der Waals surface area contributed by atoms with Gasteiger partial charge in [-0.2, -0.15) is 5.10 Å². The van der Waals surface area contributed by atoms with E-state index in [0.717, 1.165) is 33.8 Å². The van der Waals surface area contributed by atoms with Crippen LogP contribution in [0.2, 0.25) is 0 Å². The van der Waals surface area contributed by atoms with Gasteiger partial charge in [-0.3, -0.25) is 0 Å². The number of phenols is 1. The Morgan fingerprint density at radius 2 is 1.27 bits per heavy atom. The van der Waals surface area contributed by atoms with Crippen molar-refractivity contribution in [2.75, 3.05) is 12.1 Å². The molecule has 0 aliphatic carbocycles. The van der Waals surface area contributed by atoms with E-state index in [-0.39, 0.29) is 5.75 Å². The molecule has 5 heteroatoms. The fraction of sp³-hybridized carbons (Fsp3) is 0.0800. The summed E-state index contributed by atoms with van der Waals surface area (Å²) >= 11 is 0. The van der Waals surface area contributed by atoms with Gasteiger partial charge in [-0.25, -0.2) is 15.0 Å². The van der Waals surface area contributed by atoms with Gasteiger partial charge >= 0.3 is 0 Å². The Bertz CT molecular complexity index is 1100. The first-order valence-corrected chi connectivity index (χ1v) is 9.68.